The Hall–Kier alpha value is -1.66. The zero-order valence-corrected chi connectivity index (χ0v) is 19.4. The zero-order chi connectivity index (χ0) is 21.8. The van der Waals surface area contributed by atoms with Crippen molar-refractivity contribution >= 4 is 22.4 Å². The van der Waals surface area contributed by atoms with Gasteiger partial charge >= 0.3 is 5.97 Å². The van der Waals surface area contributed by atoms with Gasteiger partial charge in [-0.2, -0.15) is 0 Å². The van der Waals surface area contributed by atoms with Gasteiger partial charge < -0.3 is 15.1 Å². The third kappa shape index (κ3) is 3.89. The van der Waals surface area contributed by atoms with Gasteiger partial charge in [-0.1, -0.05) is 53.7 Å². The number of allylic oxidation sites excluding steroid dienone is 2. The highest BCUT2D eigenvalue weighted by molar-refractivity contribution is 7.16. The first-order valence-corrected chi connectivity index (χ1v) is 11.2. The van der Waals surface area contributed by atoms with Gasteiger partial charge in [-0.15, -0.1) is 11.3 Å². The van der Waals surface area contributed by atoms with Crippen LogP contribution >= 0.6 is 11.3 Å². The number of carbonyl (C=O) groups is 1. The summed E-state index contributed by atoms with van der Waals surface area (Å²) in [6.07, 6.45) is 6.88. The third-order valence-corrected chi connectivity index (χ3v) is 7.89. The van der Waals surface area contributed by atoms with Crippen molar-refractivity contribution in [2.24, 2.45) is 11.8 Å². The van der Waals surface area contributed by atoms with Gasteiger partial charge in [0.25, 0.3) is 0 Å². The van der Waals surface area contributed by atoms with Gasteiger partial charge in [0.1, 0.15) is 0 Å². The quantitative estimate of drug-likeness (QED) is 0.714. The second-order valence-electron chi connectivity index (χ2n) is 10.3. The Balaban J connectivity index is 2.05. The van der Waals surface area contributed by atoms with Crippen molar-refractivity contribution in [3.8, 4) is 0 Å². The molecule has 0 saturated heterocycles. The molecule has 2 unspecified atom stereocenters. The largest absolute Gasteiger partial charge is 0.481 e. The molecule has 2 N–H and O–H groups in total. The summed E-state index contributed by atoms with van der Waals surface area (Å²) in [5.41, 5.74) is 0.553. The summed E-state index contributed by atoms with van der Waals surface area (Å²) in [4.78, 5) is 19.8. The van der Waals surface area contributed by atoms with Gasteiger partial charge in [-0.05, 0) is 31.8 Å². The number of anilines is 1. The maximum Gasteiger partial charge on any atom is 0.310 e. The second kappa shape index (κ2) is 7.24. The fourth-order valence-electron chi connectivity index (χ4n) is 4.37. The molecule has 29 heavy (non-hydrogen) atoms. The SMILES string of the molecule is CC(C)CN(C1=CCC(C(=O)O)C=C1)c1nc2c(s1)C(C)(C)CC(C)(O)C2(C)C. The molecular weight excluding hydrogens is 384 g/mol. The number of carboxylic acids is 1. The molecule has 0 radical (unpaired) electrons. The van der Waals surface area contributed by atoms with Crippen LogP contribution in [0.1, 0.15) is 71.9 Å². The first-order chi connectivity index (χ1) is 13.3. The number of aromatic nitrogens is 1. The Morgan fingerprint density at radius 3 is 2.48 bits per heavy atom. The molecular formula is C23H34N2O3S. The predicted molar refractivity (Wildman–Crippen MR) is 119 cm³/mol. The molecule has 0 bridgehead atoms. The average molecular weight is 419 g/mol. The normalized spacial score (nSPS) is 27.5. The van der Waals surface area contributed by atoms with Crippen molar-refractivity contribution in [2.45, 2.75) is 77.7 Å². The third-order valence-electron chi connectivity index (χ3n) is 6.44. The summed E-state index contributed by atoms with van der Waals surface area (Å²) >= 11 is 1.71. The van der Waals surface area contributed by atoms with Crippen LogP contribution in [0, 0.1) is 11.8 Å². The number of aliphatic carboxylic acids is 1. The molecule has 0 spiro atoms. The second-order valence-corrected chi connectivity index (χ2v) is 11.3. The smallest absolute Gasteiger partial charge is 0.310 e. The van der Waals surface area contributed by atoms with Gasteiger partial charge in [-0.3, -0.25) is 4.79 Å². The first-order valence-electron chi connectivity index (χ1n) is 10.4. The van der Waals surface area contributed by atoms with Crippen molar-refractivity contribution in [3.63, 3.8) is 0 Å². The van der Waals surface area contributed by atoms with Crippen molar-refractivity contribution < 1.29 is 15.0 Å². The summed E-state index contributed by atoms with van der Waals surface area (Å²) in [5, 5.41) is 21.4. The molecule has 160 valence electrons. The van der Waals surface area contributed by atoms with E-state index in [0.29, 0.717) is 18.8 Å². The highest BCUT2D eigenvalue weighted by atomic mass is 32.1. The van der Waals surface area contributed by atoms with E-state index in [0.717, 1.165) is 23.1 Å². The van der Waals surface area contributed by atoms with E-state index >= 15 is 0 Å². The fourth-order valence-corrected chi connectivity index (χ4v) is 5.73. The minimum absolute atomic E-state index is 0.154. The van der Waals surface area contributed by atoms with E-state index in [-0.39, 0.29) is 5.41 Å². The van der Waals surface area contributed by atoms with Crippen LogP contribution in [0.5, 0.6) is 0 Å². The molecule has 0 aliphatic heterocycles. The lowest BCUT2D eigenvalue weighted by Gasteiger charge is -2.49. The molecule has 1 heterocycles. The molecule has 2 aliphatic rings. The Bertz CT molecular complexity index is 861. The highest BCUT2D eigenvalue weighted by Gasteiger charge is 2.53. The lowest BCUT2D eigenvalue weighted by Crippen LogP contribution is -2.53. The van der Waals surface area contributed by atoms with Gasteiger partial charge in [-0.25, -0.2) is 4.98 Å². The zero-order valence-electron chi connectivity index (χ0n) is 18.6. The molecule has 0 aromatic carbocycles. The van der Waals surface area contributed by atoms with Gasteiger partial charge in [0, 0.05) is 27.9 Å². The van der Waals surface area contributed by atoms with Crippen molar-refractivity contribution in [1.82, 2.24) is 4.98 Å². The molecule has 0 fully saturated rings. The molecule has 0 amide bonds. The van der Waals surface area contributed by atoms with Crippen LogP contribution in [0.15, 0.2) is 23.9 Å². The molecule has 1 aromatic rings. The first kappa shape index (κ1) is 22.0. The molecule has 2 atom stereocenters. The van der Waals surface area contributed by atoms with Crippen LogP contribution in [0.2, 0.25) is 0 Å². The highest BCUT2D eigenvalue weighted by Crippen LogP contribution is 2.54. The number of hydrogen-bond acceptors (Lipinski definition) is 5. The van der Waals surface area contributed by atoms with Crippen LogP contribution in [0.3, 0.4) is 0 Å². The monoisotopic (exact) mass is 418 g/mol. The molecule has 0 saturated carbocycles. The van der Waals surface area contributed by atoms with E-state index in [4.69, 9.17) is 4.98 Å². The van der Waals surface area contributed by atoms with E-state index in [1.807, 2.05) is 19.1 Å². The topological polar surface area (TPSA) is 73.7 Å². The van der Waals surface area contributed by atoms with E-state index in [2.05, 4.69) is 46.4 Å². The van der Waals surface area contributed by atoms with Gasteiger partial charge in [0.15, 0.2) is 5.13 Å². The number of thiazole rings is 1. The summed E-state index contributed by atoms with van der Waals surface area (Å²) < 4.78 is 0. The summed E-state index contributed by atoms with van der Waals surface area (Å²) in [6.45, 7) is 15.6. The Morgan fingerprint density at radius 2 is 1.97 bits per heavy atom. The minimum Gasteiger partial charge on any atom is -0.481 e. The molecule has 1 aromatic heterocycles. The van der Waals surface area contributed by atoms with E-state index < -0.39 is 22.9 Å². The predicted octanol–water partition coefficient (Wildman–Crippen LogP) is 4.86. The molecule has 5 nitrogen and oxygen atoms in total. The number of hydrogen-bond donors (Lipinski definition) is 2. The lowest BCUT2D eigenvalue weighted by molar-refractivity contribution is -0.139. The Labute approximate surface area is 178 Å². The van der Waals surface area contributed by atoms with Crippen LogP contribution < -0.4 is 4.90 Å². The number of nitrogens with zero attached hydrogens (tertiary/aromatic N) is 2. The van der Waals surface area contributed by atoms with Crippen molar-refractivity contribution in [1.29, 1.82) is 0 Å². The number of carboxylic acid groups (broad SMARTS) is 1. The van der Waals surface area contributed by atoms with Crippen LogP contribution in [-0.2, 0) is 15.6 Å². The number of aliphatic hydroxyl groups is 1. The number of rotatable bonds is 5. The summed E-state index contributed by atoms with van der Waals surface area (Å²) in [5.74, 6) is -0.828. The molecule has 2 aliphatic carbocycles. The average Bonchev–Trinajstić information content (AvgIpc) is 3.05. The van der Waals surface area contributed by atoms with Gasteiger partial charge in [0.05, 0.1) is 17.2 Å². The van der Waals surface area contributed by atoms with Crippen molar-refractivity contribution in [2.75, 3.05) is 11.4 Å². The van der Waals surface area contributed by atoms with E-state index in [1.165, 1.54) is 4.88 Å². The Kier molecular flexibility index (Phi) is 5.50. The Morgan fingerprint density at radius 1 is 1.31 bits per heavy atom. The standard InChI is InChI=1S/C23H34N2O3S/c1-14(2)12-25(16-10-8-15(9-11-16)19(26)27)20-24-17-18(29-20)21(3,4)13-23(7,28)22(17,5)6/h8,10-11,14-15,28H,9,12-13H2,1-7H3,(H,26,27). The van der Waals surface area contributed by atoms with Crippen LogP contribution in [0.4, 0.5) is 5.13 Å². The van der Waals surface area contributed by atoms with E-state index in [9.17, 15) is 15.0 Å². The lowest BCUT2D eigenvalue weighted by atomic mass is 9.60. The fraction of sp³-hybridized carbons (Fsp3) is 0.652. The maximum atomic E-state index is 11.3. The van der Waals surface area contributed by atoms with Crippen LogP contribution in [-0.4, -0.2) is 33.3 Å². The van der Waals surface area contributed by atoms with Crippen LogP contribution in [0.25, 0.3) is 0 Å². The van der Waals surface area contributed by atoms with Crippen molar-refractivity contribution in [3.05, 3.63) is 34.5 Å². The molecule has 3 rings (SSSR count). The minimum atomic E-state index is -0.837. The molecule has 6 heteroatoms. The van der Waals surface area contributed by atoms with Gasteiger partial charge in [0.2, 0.25) is 0 Å². The summed E-state index contributed by atoms with van der Waals surface area (Å²) in [7, 11) is 0. The maximum absolute atomic E-state index is 11.3. The summed E-state index contributed by atoms with van der Waals surface area (Å²) in [6, 6.07) is 0. The van der Waals surface area contributed by atoms with E-state index in [1.54, 1.807) is 17.4 Å². The number of fused-ring (bicyclic) bond motifs is 1.